The van der Waals surface area contributed by atoms with Crippen LogP contribution in [0.3, 0.4) is 0 Å². The number of benzene rings is 3. The van der Waals surface area contributed by atoms with Gasteiger partial charge in [0.1, 0.15) is 11.1 Å². The molecule has 0 fully saturated rings. The van der Waals surface area contributed by atoms with Crippen LogP contribution in [0.1, 0.15) is 32.7 Å². The second kappa shape index (κ2) is 8.35. The normalized spacial score (nSPS) is 16.6. The van der Waals surface area contributed by atoms with Gasteiger partial charge in [-0.1, -0.05) is 42.5 Å². The summed E-state index contributed by atoms with van der Waals surface area (Å²) in [5.74, 6) is -3.23. The number of rotatable bonds is 3. The van der Waals surface area contributed by atoms with Crippen molar-refractivity contribution in [1.29, 1.82) is 0 Å². The summed E-state index contributed by atoms with van der Waals surface area (Å²) in [6.45, 7) is 0. The van der Waals surface area contributed by atoms with Crippen molar-refractivity contribution in [2.24, 2.45) is 15.9 Å². The molecule has 1 atom stereocenters. The van der Waals surface area contributed by atoms with Gasteiger partial charge in [0.05, 0.1) is 16.8 Å². The van der Waals surface area contributed by atoms with E-state index in [2.05, 4.69) is 9.98 Å². The highest BCUT2D eigenvalue weighted by Crippen LogP contribution is 2.37. The van der Waals surface area contributed by atoms with Crippen molar-refractivity contribution >= 4 is 51.8 Å². The number of Topliss-reactive ketones (excluding diaryl/α,β-unsaturated/α-hetero) is 1. The summed E-state index contributed by atoms with van der Waals surface area (Å²) in [6.07, 6.45) is 1.59. The Morgan fingerprint density at radius 1 is 0.861 bits per heavy atom. The van der Waals surface area contributed by atoms with Crippen LogP contribution in [-0.2, 0) is 4.79 Å². The monoisotopic (exact) mass is 476 g/mol. The number of hydrogen-bond acceptors (Lipinski definition) is 8. The van der Waals surface area contributed by atoms with E-state index in [0.29, 0.717) is 27.9 Å². The Labute approximate surface area is 203 Å². The first-order valence-electron chi connectivity index (χ1n) is 11.2. The highest BCUT2D eigenvalue weighted by molar-refractivity contribution is 6.29. The summed E-state index contributed by atoms with van der Waals surface area (Å²) in [5.41, 5.74) is 1.00. The molecule has 8 nitrogen and oxygen atoms in total. The molecule has 2 aliphatic rings. The Bertz CT molecular complexity index is 1720. The van der Waals surface area contributed by atoms with E-state index >= 15 is 0 Å². The zero-order chi connectivity index (χ0) is 24.8. The lowest BCUT2D eigenvalue weighted by molar-refractivity contribution is -0.135. The van der Waals surface area contributed by atoms with Crippen molar-refractivity contribution in [2.45, 2.75) is 6.42 Å². The van der Waals surface area contributed by atoms with Gasteiger partial charge in [0, 0.05) is 29.5 Å². The van der Waals surface area contributed by atoms with Crippen LogP contribution < -0.4 is 10.4 Å². The Balaban J connectivity index is 1.39. The molecule has 0 radical (unpaired) electrons. The summed E-state index contributed by atoms with van der Waals surface area (Å²) in [5, 5.41) is 0.359. The van der Waals surface area contributed by atoms with Crippen molar-refractivity contribution in [1.82, 2.24) is 0 Å². The van der Waals surface area contributed by atoms with Crippen molar-refractivity contribution in [2.75, 3.05) is 0 Å². The minimum Gasteiger partial charge on any atom is -0.424 e. The van der Waals surface area contributed by atoms with E-state index in [4.69, 9.17) is 9.15 Å². The van der Waals surface area contributed by atoms with Crippen LogP contribution >= 0.6 is 0 Å². The zero-order valence-corrected chi connectivity index (χ0v) is 18.6. The SMILES string of the molecule is O=C(c1ccccc1)c1ccc2c(c1)N=CCC(C1C(=O)Oc3c(c(=O)oc4ccccc34)C1=O)=N2. The van der Waals surface area contributed by atoms with Crippen LogP contribution in [0.2, 0.25) is 0 Å². The molecule has 1 unspecified atom stereocenters. The molecule has 6 rings (SSSR count). The van der Waals surface area contributed by atoms with E-state index in [1.165, 1.54) is 6.21 Å². The summed E-state index contributed by atoms with van der Waals surface area (Å²) in [7, 11) is 0. The molecule has 0 saturated heterocycles. The van der Waals surface area contributed by atoms with Gasteiger partial charge >= 0.3 is 11.6 Å². The number of nitrogens with zero attached hydrogens (tertiary/aromatic N) is 2. The van der Waals surface area contributed by atoms with Gasteiger partial charge in [-0.2, -0.15) is 0 Å². The maximum Gasteiger partial charge on any atom is 0.351 e. The van der Waals surface area contributed by atoms with Gasteiger partial charge in [0.15, 0.2) is 23.2 Å². The van der Waals surface area contributed by atoms with E-state index in [1.54, 1.807) is 66.7 Å². The van der Waals surface area contributed by atoms with E-state index in [1.807, 2.05) is 6.07 Å². The van der Waals surface area contributed by atoms with Crippen molar-refractivity contribution in [3.63, 3.8) is 0 Å². The minimum atomic E-state index is -1.41. The largest absolute Gasteiger partial charge is 0.424 e. The topological polar surface area (TPSA) is 115 Å². The fourth-order valence-electron chi connectivity index (χ4n) is 4.38. The third kappa shape index (κ3) is 3.47. The molecular formula is C28H16N2O6. The summed E-state index contributed by atoms with van der Waals surface area (Å²) < 4.78 is 10.8. The lowest BCUT2D eigenvalue weighted by atomic mass is 9.89. The number of aliphatic imine (C=N–C) groups is 2. The maximum absolute atomic E-state index is 13.4. The van der Waals surface area contributed by atoms with Crippen molar-refractivity contribution in [3.05, 3.63) is 99.9 Å². The Hall–Kier alpha value is -4.98. The summed E-state index contributed by atoms with van der Waals surface area (Å²) >= 11 is 0. The number of carbonyl (C=O) groups is 3. The molecule has 0 saturated carbocycles. The van der Waals surface area contributed by atoms with Gasteiger partial charge in [0.2, 0.25) is 0 Å². The molecule has 0 bridgehead atoms. The van der Waals surface area contributed by atoms with Gasteiger partial charge in [-0.25, -0.2) is 4.79 Å². The molecule has 0 N–H and O–H groups in total. The maximum atomic E-state index is 13.4. The van der Waals surface area contributed by atoms with Crippen LogP contribution in [-0.4, -0.2) is 29.5 Å². The lowest BCUT2D eigenvalue weighted by Gasteiger charge is -2.22. The number of carbonyl (C=O) groups excluding carboxylic acids is 3. The fraction of sp³-hybridized carbons (Fsp3) is 0.0714. The zero-order valence-electron chi connectivity index (χ0n) is 18.6. The second-order valence-corrected chi connectivity index (χ2v) is 8.33. The Kier molecular flexibility index (Phi) is 5.00. The van der Waals surface area contributed by atoms with Crippen LogP contribution in [0.5, 0.6) is 5.75 Å². The van der Waals surface area contributed by atoms with Gasteiger partial charge in [-0.05, 0) is 30.3 Å². The first-order chi connectivity index (χ1) is 17.5. The number of fused-ring (bicyclic) bond motifs is 4. The van der Waals surface area contributed by atoms with Gasteiger partial charge in [0.25, 0.3) is 0 Å². The quantitative estimate of drug-likeness (QED) is 0.184. The van der Waals surface area contributed by atoms with E-state index in [9.17, 15) is 19.2 Å². The molecule has 3 heterocycles. The highest BCUT2D eigenvalue weighted by atomic mass is 16.5. The average molecular weight is 476 g/mol. The smallest absolute Gasteiger partial charge is 0.351 e. The molecule has 3 aromatic carbocycles. The number of ketones is 2. The van der Waals surface area contributed by atoms with Crippen LogP contribution in [0.25, 0.3) is 11.0 Å². The van der Waals surface area contributed by atoms with Crippen LogP contribution in [0.15, 0.2) is 92.0 Å². The van der Waals surface area contributed by atoms with Crippen molar-refractivity contribution in [3.8, 4) is 5.75 Å². The van der Waals surface area contributed by atoms with E-state index in [0.717, 1.165) is 0 Å². The minimum absolute atomic E-state index is 0.0798. The lowest BCUT2D eigenvalue weighted by Crippen LogP contribution is -2.41. The molecular weight excluding hydrogens is 460 g/mol. The molecule has 2 aliphatic heterocycles. The molecule has 174 valence electrons. The fourth-order valence-corrected chi connectivity index (χ4v) is 4.38. The summed E-state index contributed by atoms with van der Waals surface area (Å²) in [6, 6.07) is 20.2. The predicted octanol–water partition coefficient (Wildman–Crippen LogP) is 4.62. The Morgan fingerprint density at radius 3 is 2.47 bits per heavy atom. The highest BCUT2D eigenvalue weighted by Gasteiger charge is 2.43. The average Bonchev–Trinajstić information content (AvgIpc) is 3.10. The number of ether oxygens (including phenoxy) is 1. The molecule has 0 amide bonds. The molecule has 4 aromatic rings. The van der Waals surface area contributed by atoms with Crippen LogP contribution in [0, 0.1) is 5.92 Å². The van der Waals surface area contributed by atoms with Crippen molar-refractivity contribution < 1.29 is 23.5 Å². The molecule has 8 heteroatoms. The van der Waals surface area contributed by atoms with Gasteiger partial charge in [-0.15, -0.1) is 0 Å². The van der Waals surface area contributed by atoms with Gasteiger partial charge in [-0.3, -0.25) is 24.4 Å². The molecule has 0 spiro atoms. The van der Waals surface area contributed by atoms with E-state index in [-0.39, 0.29) is 34.8 Å². The molecule has 0 aliphatic carbocycles. The Morgan fingerprint density at radius 2 is 1.64 bits per heavy atom. The number of esters is 1. The predicted molar refractivity (Wildman–Crippen MR) is 132 cm³/mol. The first-order valence-corrected chi connectivity index (χ1v) is 11.2. The number of hydrogen-bond donors (Lipinski definition) is 0. The van der Waals surface area contributed by atoms with Gasteiger partial charge < -0.3 is 9.15 Å². The third-order valence-electron chi connectivity index (χ3n) is 6.11. The number of para-hydroxylation sites is 1. The van der Waals surface area contributed by atoms with E-state index < -0.39 is 23.3 Å². The second-order valence-electron chi connectivity index (χ2n) is 8.33. The van der Waals surface area contributed by atoms with Crippen LogP contribution in [0.4, 0.5) is 11.4 Å². The standard InChI is InChI=1S/C28H16N2O6/c31-24(15-6-2-1-3-7-15)16-10-11-18-20(14-16)29-13-12-19(30-18)22-25(32)23-26(36-27(22)33)17-8-4-5-9-21(17)35-28(23)34/h1-11,13-14,22H,12H2. The molecule has 36 heavy (non-hydrogen) atoms. The molecule has 1 aromatic heterocycles. The third-order valence-corrected chi connectivity index (χ3v) is 6.11. The summed E-state index contributed by atoms with van der Waals surface area (Å²) in [4.78, 5) is 60.8. The first kappa shape index (κ1) is 21.5.